The van der Waals surface area contributed by atoms with Crippen molar-refractivity contribution in [2.75, 3.05) is 49.3 Å². The number of ether oxygens (including phenoxy) is 2. The first kappa shape index (κ1) is 20.9. The normalized spacial score (nSPS) is 19.4. The number of halogens is 1. The topological polar surface area (TPSA) is 62.2 Å². The van der Waals surface area contributed by atoms with E-state index in [4.69, 9.17) is 14.6 Å². The molecule has 7 heteroatoms. The molecule has 0 spiro atoms. The van der Waals surface area contributed by atoms with Crippen molar-refractivity contribution in [2.45, 2.75) is 20.0 Å². The Bertz CT molecular complexity index is 550. The third-order valence-electron chi connectivity index (χ3n) is 3.67. The maximum absolute atomic E-state index is 14.3. The summed E-state index contributed by atoms with van der Waals surface area (Å²) in [5, 5.41) is 9.02. The number of hydrogen-bond donors (Lipinski definition) is 1. The number of anilines is 2. The summed E-state index contributed by atoms with van der Waals surface area (Å²) >= 11 is 0. The number of hydrogen-bond acceptors (Lipinski definition) is 5. The van der Waals surface area contributed by atoms with Crippen LogP contribution in [0.2, 0.25) is 0 Å². The molecule has 0 bridgehead atoms. The molecule has 1 atom stereocenters. The van der Waals surface area contributed by atoms with Gasteiger partial charge in [0.2, 0.25) is 0 Å². The Balaban J connectivity index is 0.000000730. The van der Waals surface area contributed by atoms with Crippen molar-refractivity contribution in [1.29, 1.82) is 0 Å². The highest BCUT2D eigenvalue weighted by Crippen LogP contribution is 2.28. The van der Waals surface area contributed by atoms with Crippen LogP contribution >= 0.6 is 0 Å². The molecule has 1 amide bonds. The largest absolute Gasteiger partial charge is 0.441 e. The van der Waals surface area contributed by atoms with Gasteiger partial charge < -0.3 is 19.5 Å². The molecule has 2 fully saturated rings. The minimum Gasteiger partial charge on any atom is -0.441 e. The molecule has 0 saturated carbocycles. The quantitative estimate of drug-likeness (QED) is 0.846. The van der Waals surface area contributed by atoms with Gasteiger partial charge in [-0.1, -0.05) is 13.8 Å². The van der Waals surface area contributed by atoms with Gasteiger partial charge in [0.15, 0.2) is 0 Å². The lowest BCUT2D eigenvalue weighted by atomic mass is 10.2. The summed E-state index contributed by atoms with van der Waals surface area (Å²) in [6, 6.07) is 4.68. The number of carbonyl (C=O) groups excluding carboxylic acids is 1. The van der Waals surface area contributed by atoms with E-state index in [1.165, 1.54) is 11.0 Å². The molecule has 2 saturated heterocycles. The minimum atomic E-state index is -0.562. The Hall–Kier alpha value is -2.12. The Morgan fingerprint density at radius 3 is 2.44 bits per heavy atom. The summed E-state index contributed by atoms with van der Waals surface area (Å²) in [7, 11) is 0. The van der Waals surface area contributed by atoms with Gasteiger partial charge in [-0.2, -0.15) is 0 Å². The van der Waals surface area contributed by atoms with Crippen LogP contribution in [0, 0.1) is 5.82 Å². The molecule has 0 aliphatic carbocycles. The molecular formula is C18H27FN2O4. The van der Waals surface area contributed by atoms with Gasteiger partial charge in [-0.3, -0.25) is 4.90 Å². The Morgan fingerprint density at radius 2 is 1.92 bits per heavy atom. The van der Waals surface area contributed by atoms with Crippen LogP contribution in [0.4, 0.5) is 20.6 Å². The highest BCUT2D eigenvalue weighted by atomic mass is 19.1. The van der Waals surface area contributed by atoms with Crippen LogP contribution in [-0.2, 0) is 9.47 Å². The van der Waals surface area contributed by atoms with Crippen LogP contribution in [0.5, 0.6) is 0 Å². The van der Waals surface area contributed by atoms with Gasteiger partial charge in [0.1, 0.15) is 11.9 Å². The van der Waals surface area contributed by atoms with Crippen molar-refractivity contribution in [2.24, 2.45) is 0 Å². The predicted molar refractivity (Wildman–Crippen MR) is 96.7 cm³/mol. The number of amides is 1. The van der Waals surface area contributed by atoms with E-state index in [0.717, 1.165) is 0 Å². The molecule has 2 aliphatic heterocycles. The fourth-order valence-electron chi connectivity index (χ4n) is 2.55. The van der Waals surface area contributed by atoms with Crippen LogP contribution in [0.25, 0.3) is 0 Å². The maximum Gasteiger partial charge on any atom is 0.414 e. The van der Waals surface area contributed by atoms with Crippen molar-refractivity contribution < 1.29 is 23.8 Å². The molecule has 2 heterocycles. The molecule has 3 rings (SSSR count). The molecule has 1 aromatic rings. The molecule has 2 aliphatic rings. The van der Waals surface area contributed by atoms with Crippen LogP contribution in [0.3, 0.4) is 0 Å². The summed E-state index contributed by atoms with van der Waals surface area (Å²) in [4.78, 5) is 14.9. The number of aliphatic hydroxyl groups is 1. The standard InChI is InChI=1S/C14H17FN2O4.C2H6.C2H4/c15-12-7-10(17-8-11(9-18)21-14(17)19)1-2-13(12)16-3-5-20-6-4-16;2*1-2/h1-2,7,11,18H,3-6,8-9H2;1-2H3;1-2H2. The van der Waals surface area contributed by atoms with E-state index in [9.17, 15) is 9.18 Å². The lowest BCUT2D eigenvalue weighted by Crippen LogP contribution is -2.36. The first-order valence-corrected chi connectivity index (χ1v) is 8.40. The fourth-order valence-corrected chi connectivity index (χ4v) is 2.55. The van der Waals surface area contributed by atoms with Crippen molar-refractivity contribution in [3.8, 4) is 0 Å². The van der Waals surface area contributed by atoms with Gasteiger partial charge in [-0.25, -0.2) is 9.18 Å². The summed E-state index contributed by atoms with van der Waals surface area (Å²) in [6.07, 6.45) is -1.12. The molecule has 0 aromatic heterocycles. The summed E-state index contributed by atoms with van der Waals surface area (Å²) in [5.41, 5.74) is 0.943. The Morgan fingerprint density at radius 1 is 1.28 bits per heavy atom. The van der Waals surface area contributed by atoms with E-state index < -0.39 is 12.2 Å². The second-order valence-corrected chi connectivity index (χ2v) is 5.03. The van der Waals surface area contributed by atoms with Crippen molar-refractivity contribution in [3.63, 3.8) is 0 Å². The lowest BCUT2D eigenvalue weighted by molar-refractivity contribution is 0.0963. The molecule has 6 nitrogen and oxygen atoms in total. The van der Waals surface area contributed by atoms with E-state index in [1.54, 1.807) is 12.1 Å². The summed E-state index contributed by atoms with van der Waals surface area (Å²) in [6.45, 7) is 12.4. The highest BCUT2D eigenvalue weighted by molar-refractivity contribution is 5.90. The second-order valence-electron chi connectivity index (χ2n) is 5.03. The second kappa shape index (κ2) is 10.7. The van der Waals surface area contributed by atoms with E-state index in [1.807, 2.05) is 18.7 Å². The number of nitrogens with zero attached hydrogens (tertiary/aromatic N) is 2. The van der Waals surface area contributed by atoms with E-state index >= 15 is 0 Å². The monoisotopic (exact) mass is 354 g/mol. The molecule has 1 N–H and O–H groups in total. The van der Waals surface area contributed by atoms with Crippen LogP contribution in [0.1, 0.15) is 13.8 Å². The zero-order chi connectivity index (χ0) is 18.8. The van der Waals surface area contributed by atoms with Crippen molar-refractivity contribution in [3.05, 3.63) is 37.2 Å². The van der Waals surface area contributed by atoms with Crippen molar-refractivity contribution >= 4 is 17.5 Å². The number of morpholine rings is 1. The number of rotatable bonds is 3. The maximum atomic E-state index is 14.3. The zero-order valence-electron chi connectivity index (χ0n) is 14.9. The van der Waals surface area contributed by atoms with Crippen LogP contribution < -0.4 is 9.80 Å². The number of cyclic esters (lactones) is 1. The smallest absolute Gasteiger partial charge is 0.414 e. The Labute approximate surface area is 148 Å². The van der Waals surface area contributed by atoms with Gasteiger partial charge in [-0.15, -0.1) is 13.2 Å². The lowest BCUT2D eigenvalue weighted by Gasteiger charge is -2.29. The number of aliphatic hydroxyl groups excluding tert-OH is 1. The average Bonchev–Trinajstić information content (AvgIpc) is 3.06. The fraction of sp³-hybridized carbons (Fsp3) is 0.500. The molecule has 0 radical (unpaired) electrons. The minimum absolute atomic E-state index is 0.228. The molecule has 140 valence electrons. The average molecular weight is 354 g/mol. The number of benzene rings is 1. The van der Waals surface area contributed by atoms with E-state index in [0.29, 0.717) is 37.7 Å². The molecule has 1 aromatic carbocycles. The highest BCUT2D eigenvalue weighted by Gasteiger charge is 2.32. The van der Waals surface area contributed by atoms with Crippen LogP contribution in [-0.4, -0.2) is 56.8 Å². The zero-order valence-corrected chi connectivity index (χ0v) is 14.9. The summed E-state index contributed by atoms with van der Waals surface area (Å²) in [5.74, 6) is -0.380. The molecular weight excluding hydrogens is 327 g/mol. The van der Waals surface area contributed by atoms with Crippen LogP contribution in [0.15, 0.2) is 31.4 Å². The van der Waals surface area contributed by atoms with Gasteiger partial charge in [0, 0.05) is 13.1 Å². The SMILES string of the molecule is C=C.CC.O=C1OC(CO)CN1c1ccc(N2CCOCC2)c(F)c1. The summed E-state index contributed by atoms with van der Waals surface area (Å²) < 4.78 is 24.5. The third-order valence-corrected chi connectivity index (χ3v) is 3.67. The van der Waals surface area contributed by atoms with E-state index in [-0.39, 0.29) is 19.0 Å². The van der Waals surface area contributed by atoms with Gasteiger partial charge in [0.25, 0.3) is 0 Å². The predicted octanol–water partition coefficient (Wildman–Crippen LogP) is 2.81. The van der Waals surface area contributed by atoms with Gasteiger partial charge in [-0.05, 0) is 18.2 Å². The van der Waals surface area contributed by atoms with Crippen molar-refractivity contribution in [1.82, 2.24) is 0 Å². The first-order valence-electron chi connectivity index (χ1n) is 8.40. The first-order chi connectivity index (χ1) is 12.2. The van der Waals surface area contributed by atoms with Gasteiger partial charge >= 0.3 is 6.09 Å². The third kappa shape index (κ3) is 5.17. The molecule has 25 heavy (non-hydrogen) atoms. The number of carbonyl (C=O) groups is 1. The Kier molecular flexibility index (Phi) is 8.94. The molecule has 1 unspecified atom stereocenters. The van der Waals surface area contributed by atoms with Gasteiger partial charge in [0.05, 0.1) is 37.7 Å². The van der Waals surface area contributed by atoms with E-state index in [2.05, 4.69) is 13.2 Å².